The van der Waals surface area contributed by atoms with Crippen LogP contribution in [0.3, 0.4) is 0 Å². The lowest BCUT2D eigenvalue weighted by molar-refractivity contribution is 0.263. The summed E-state index contributed by atoms with van der Waals surface area (Å²) in [5, 5.41) is 2.89. The highest BCUT2D eigenvalue weighted by Gasteiger charge is 2.52. The van der Waals surface area contributed by atoms with Crippen molar-refractivity contribution < 1.29 is 9.47 Å². The van der Waals surface area contributed by atoms with Crippen LogP contribution in [-0.4, -0.2) is 10.00 Å². The Labute approximate surface area is 356 Å². The molecule has 5 aliphatic carbocycles. The van der Waals surface area contributed by atoms with Crippen LogP contribution in [0.1, 0.15) is 76.1 Å². The Morgan fingerprint density at radius 3 is 2.46 bits per heavy atom. The highest BCUT2D eigenvalue weighted by molar-refractivity contribution is 8.11. The number of hydrogen-bond donors (Lipinski definition) is 0. The molecule has 0 saturated carbocycles. The predicted octanol–water partition coefficient (Wildman–Crippen LogP) is 14.7. The third kappa shape index (κ3) is 5.04. The van der Waals surface area contributed by atoms with E-state index in [1.165, 1.54) is 54.9 Å². The second-order valence-electron chi connectivity index (χ2n) is 18.6. The predicted molar refractivity (Wildman–Crippen MR) is 248 cm³/mol. The first kappa shape index (κ1) is 35.8. The van der Waals surface area contributed by atoms with Crippen molar-refractivity contribution in [2.45, 2.75) is 74.7 Å². The molecule has 0 fully saturated rings. The van der Waals surface area contributed by atoms with Gasteiger partial charge >= 0.3 is 0 Å². The van der Waals surface area contributed by atoms with Gasteiger partial charge in [0.05, 0.1) is 10.4 Å². The van der Waals surface area contributed by atoms with E-state index < -0.39 is 0 Å². The van der Waals surface area contributed by atoms with Crippen molar-refractivity contribution in [1.29, 1.82) is 0 Å². The Hall–Kier alpha value is -5.10. The van der Waals surface area contributed by atoms with Crippen molar-refractivity contribution in [2.24, 2.45) is 11.8 Å². The average Bonchev–Trinajstić information content (AvgIpc) is 3.61. The highest BCUT2D eigenvalue weighted by atomic mass is 32.2. The normalized spacial score (nSPS) is 26.8. The fourth-order valence-corrected chi connectivity index (χ4v) is 14.2. The van der Waals surface area contributed by atoms with Gasteiger partial charge in [-0.1, -0.05) is 132 Å². The zero-order valence-electron chi connectivity index (χ0n) is 34.4. The van der Waals surface area contributed by atoms with Gasteiger partial charge in [-0.05, 0) is 100 Å². The molecule has 59 heavy (non-hydrogen) atoms. The number of thioether (sulfide) groups is 2. The molecule has 5 atom stereocenters. The first-order valence-electron chi connectivity index (χ1n) is 21.2. The van der Waals surface area contributed by atoms with E-state index in [2.05, 4.69) is 210 Å². The minimum absolute atomic E-state index is 0.0482. The molecule has 0 spiro atoms. The van der Waals surface area contributed by atoms with Gasteiger partial charge in [0.1, 0.15) is 5.76 Å². The molecule has 0 N–H and O–H groups in total. The number of hydrogen-bond acceptors (Lipinski definition) is 5. The van der Waals surface area contributed by atoms with Crippen LogP contribution in [0.4, 0.5) is 17.1 Å². The van der Waals surface area contributed by atoms with E-state index in [4.69, 9.17) is 9.47 Å². The molecule has 12 rings (SSSR count). The summed E-state index contributed by atoms with van der Waals surface area (Å²) >= 11 is 4.15. The standard InChI is InChI=1S/C54H47NO2S2/c1-31-13-11-18-43-49(31)57-50-44(56-43)26-24-38-47(50)36-22-20-33(29-40(36)52(38,2)3)55(42-17-12-15-32-14-7-8-16-35(32)42)34-21-23-37-41(30-34)53(4,5)39-25-27-45-51(48(37)39)58-46-19-9-10-28-54(46,6)59-45/h7-12,14-31,39,46,48H,13H2,1-6H3. The maximum absolute atomic E-state index is 6.85. The molecular weight excluding hydrogens is 759 g/mol. The molecule has 2 aliphatic heterocycles. The van der Waals surface area contributed by atoms with E-state index in [9.17, 15) is 0 Å². The Morgan fingerprint density at radius 2 is 1.58 bits per heavy atom. The number of fused-ring (bicyclic) bond motifs is 11. The molecule has 2 heterocycles. The van der Waals surface area contributed by atoms with E-state index in [1.807, 2.05) is 0 Å². The second kappa shape index (κ2) is 12.5. The molecular formula is C54H47NO2S2. The first-order chi connectivity index (χ1) is 28.5. The van der Waals surface area contributed by atoms with E-state index in [0.717, 1.165) is 40.7 Å². The van der Waals surface area contributed by atoms with Crippen LogP contribution in [0.25, 0.3) is 21.9 Å². The Morgan fingerprint density at radius 1 is 0.763 bits per heavy atom. The van der Waals surface area contributed by atoms with Gasteiger partial charge in [0.2, 0.25) is 0 Å². The van der Waals surface area contributed by atoms with E-state index in [1.54, 1.807) is 4.91 Å². The fraction of sp³-hybridized carbons (Fsp3) is 0.259. The average molecular weight is 806 g/mol. The number of ether oxygens (including phenoxy) is 2. The Kier molecular flexibility index (Phi) is 7.57. The monoisotopic (exact) mass is 805 g/mol. The van der Waals surface area contributed by atoms with Gasteiger partial charge in [-0.3, -0.25) is 0 Å². The molecule has 0 radical (unpaired) electrons. The van der Waals surface area contributed by atoms with Crippen molar-refractivity contribution in [2.75, 3.05) is 4.90 Å². The summed E-state index contributed by atoms with van der Waals surface area (Å²) in [6.07, 6.45) is 19.4. The number of anilines is 3. The summed E-state index contributed by atoms with van der Waals surface area (Å²) in [7, 11) is 0. The molecule has 292 valence electrons. The first-order valence-corrected chi connectivity index (χ1v) is 22.9. The Bertz CT molecular complexity index is 2880. The third-order valence-corrected chi connectivity index (χ3v) is 17.7. The van der Waals surface area contributed by atoms with Gasteiger partial charge in [-0.2, -0.15) is 0 Å². The fourth-order valence-electron chi connectivity index (χ4n) is 11.1. The Balaban J connectivity index is 1.01. The maximum Gasteiger partial charge on any atom is 0.177 e. The highest BCUT2D eigenvalue weighted by Crippen LogP contribution is 2.65. The molecule has 5 unspecified atom stereocenters. The molecule has 0 saturated heterocycles. The smallest absolute Gasteiger partial charge is 0.177 e. The third-order valence-electron chi connectivity index (χ3n) is 14.4. The van der Waals surface area contributed by atoms with E-state index >= 15 is 0 Å². The van der Waals surface area contributed by atoms with Gasteiger partial charge in [0.15, 0.2) is 17.3 Å². The van der Waals surface area contributed by atoms with Crippen molar-refractivity contribution in [3.8, 4) is 22.6 Å². The topological polar surface area (TPSA) is 21.7 Å². The number of nitrogens with zero attached hydrogens (tertiary/aromatic N) is 1. The van der Waals surface area contributed by atoms with Gasteiger partial charge < -0.3 is 14.4 Å². The number of rotatable bonds is 3. The lowest BCUT2D eigenvalue weighted by atomic mass is 9.74. The molecule has 0 bridgehead atoms. The number of benzene rings is 5. The maximum atomic E-state index is 6.85. The summed E-state index contributed by atoms with van der Waals surface area (Å²) in [5.41, 5.74) is 11.1. The summed E-state index contributed by atoms with van der Waals surface area (Å²) in [6, 6.07) is 34.4. The summed E-state index contributed by atoms with van der Waals surface area (Å²) in [5.74, 6) is 4.42. The van der Waals surface area contributed by atoms with Crippen LogP contribution >= 0.6 is 23.5 Å². The van der Waals surface area contributed by atoms with Gasteiger partial charge in [-0.25, -0.2) is 0 Å². The second-order valence-corrected chi connectivity index (χ2v) is 21.3. The molecule has 3 nitrogen and oxygen atoms in total. The minimum Gasteiger partial charge on any atom is -0.453 e. The molecule has 7 aliphatic rings. The van der Waals surface area contributed by atoms with Gasteiger partial charge in [-0.15, -0.1) is 23.5 Å². The van der Waals surface area contributed by atoms with Crippen molar-refractivity contribution in [1.82, 2.24) is 0 Å². The number of allylic oxidation sites excluding steroid dienone is 8. The van der Waals surface area contributed by atoms with Gasteiger partial charge in [0, 0.05) is 54.6 Å². The van der Waals surface area contributed by atoms with Crippen molar-refractivity contribution >= 4 is 51.4 Å². The van der Waals surface area contributed by atoms with E-state index in [-0.39, 0.29) is 21.5 Å². The van der Waals surface area contributed by atoms with Crippen molar-refractivity contribution in [3.63, 3.8) is 0 Å². The zero-order valence-corrected chi connectivity index (χ0v) is 36.0. The summed E-state index contributed by atoms with van der Waals surface area (Å²) in [6.45, 7) is 14.3. The van der Waals surface area contributed by atoms with Crippen molar-refractivity contribution in [3.05, 3.63) is 183 Å². The molecule has 0 aromatic heterocycles. The van der Waals surface area contributed by atoms with Crippen LogP contribution in [-0.2, 0) is 10.8 Å². The van der Waals surface area contributed by atoms with Crippen LogP contribution < -0.4 is 14.4 Å². The SMILES string of the molecule is CC1CC=CC2=C1Oc1c(ccc3c1-c1ccc(N(c4ccc5c(c4)C(C)(C)C4C=CC6=C(SC7C=CC=CC7(C)S6)C54)c4cccc5ccccc45)cc1C3(C)C)O2. The van der Waals surface area contributed by atoms with E-state index in [0.29, 0.717) is 17.1 Å². The van der Waals surface area contributed by atoms with Gasteiger partial charge in [0.25, 0.3) is 0 Å². The largest absolute Gasteiger partial charge is 0.453 e. The lowest BCUT2D eigenvalue weighted by Crippen LogP contribution is -2.36. The van der Waals surface area contributed by atoms with Crippen LogP contribution in [0.15, 0.2) is 161 Å². The lowest BCUT2D eigenvalue weighted by Gasteiger charge is -2.44. The molecule has 5 heteroatoms. The van der Waals surface area contributed by atoms with Crippen LogP contribution in [0.5, 0.6) is 11.5 Å². The summed E-state index contributed by atoms with van der Waals surface area (Å²) in [4.78, 5) is 5.51. The molecule has 5 aromatic rings. The molecule has 5 aromatic carbocycles. The zero-order chi connectivity index (χ0) is 40.0. The van der Waals surface area contributed by atoms with Crippen LogP contribution in [0, 0.1) is 11.8 Å². The quantitative estimate of drug-likeness (QED) is 0.181. The van der Waals surface area contributed by atoms with Crippen LogP contribution in [0.2, 0.25) is 0 Å². The summed E-state index contributed by atoms with van der Waals surface area (Å²) < 4.78 is 13.4. The molecule has 0 amide bonds. The minimum atomic E-state index is -0.251.